The molecular weight excluding hydrogens is 164 g/mol. The Morgan fingerprint density at radius 2 is 1.77 bits per heavy atom. The first kappa shape index (κ1) is 12.9. The molecule has 2 atom stereocenters. The maximum Gasteiger partial charge on any atom is 0.0517 e. The molecule has 2 N–H and O–H groups in total. The lowest BCUT2D eigenvalue weighted by molar-refractivity contribution is 0.116. The van der Waals surface area contributed by atoms with Gasteiger partial charge in [0.25, 0.3) is 0 Å². The lowest BCUT2D eigenvalue weighted by Crippen LogP contribution is -2.19. The Labute approximate surface area is 82.0 Å². The third-order valence-electron chi connectivity index (χ3n) is 2.47. The summed E-state index contributed by atoms with van der Waals surface area (Å²) in [6.45, 7) is 8.49. The maximum absolute atomic E-state index is 9.26. The molecule has 0 fully saturated rings. The van der Waals surface area contributed by atoms with Crippen molar-refractivity contribution in [3.63, 3.8) is 0 Å². The van der Waals surface area contributed by atoms with Crippen LogP contribution in [0.3, 0.4) is 0 Å². The van der Waals surface area contributed by atoms with Gasteiger partial charge < -0.3 is 10.2 Å². The molecule has 0 heterocycles. The van der Waals surface area contributed by atoms with E-state index >= 15 is 0 Å². The van der Waals surface area contributed by atoms with E-state index in [4.69, 9.17) is 5.11 Å². The Kier molecular flexibility index (Phi) is 5.57. The van der Waals surface area contributed by atoms with E-state index in [0.717, 1.165) is 19.3 Å². The summed E-state index contributed by atoms with van der Waals surface area (Å²) in [6.07, 6.45) is 2.72. The van der Waals surface area contributed by atoms with Crippen molar-refractivity contribution >= 4 is 0 Å². The minimum absolute atomic E-state index is 0.192. The van der Waals surface area contributed by atoms with Gasteiger partial charge in [0, 0.05) is 6.61 Å². The number of rotatable bonds is 6. The van der Waals surface area contributed by atoms with Crippen molar-refractivity contribution in [2.45, 2.75) is 53.1 Å². The monoisotopic (exact) mass is 188 g/mol. The predicted molar refractivity (Wildman–Crippen MR) is 55.6 cm³/mol. The second-order valence-corrected chi connectivity index (χ2v) is 5.04. The van der Waals surface area contributed by atoms with E-state index in [-0.39, 0.29) is 18.1 Å². The van der Waals surface area contributed by atoms with Crippen molar-refractivity contribution < 1.29 is 10.2 Å². The molecule has 0 saturated carbocycles. The van der Waals surface area contributed by atoms with Gasteiger partial charge >= 0.3 is 0 Å². The molecule has 0 aromatic rings. The lowest BCUT2D eigenvalue weighted by Gasteiger charge is -2.27. The Hall–Kier alpha value is -0.0800. The zero-order chi connectivity index (χ0) is 10.5. The third-order valence-corrected chi connectivity index (χ3v) is 2.47. The quantitative estimate of drug-likeness (QED) is 0.671. The van der Waals surface area contributed by atoms with Crippen molar-refractivity contribution in [3.05, 3.63) is 0 Å². The summed E-state index contributed by atoms with van der Waals surface area (Å²) in [5.74, 6) is 0.383. The van der Waals surface area contributed by atoms with Crippen LogP contribution in [-0.4, -0.2) is 22.9 Å². The molecule has 0 bridgehead atoms. The van der Waals surface area contributed by atoms with Gasteiger partial charge in [-0.25, -0.2) is 0 Å². The van der Waals surface area contributed by atoms with Crippen LogP contribution in [0.4, 0.5) is 0 Å². The fourth-order valence-electron chi connectivity index (χ4n) is 1.63. The van der Waals surface area contributed by atoms with Gasteiger partial charge in [-0.2, -0.15) is 0 Å². The van der Waals surface area contributed by atoms with Crippen molar-refractivity contribution in [1.82, 2.24) is 0 Å². The van der Waals surface area contributed by atoms with E-state index in [9.17, 15) is 5.11 Å². The highest BCUT2D eigenvalue weighted by atomic mass is 16.3. The van der Waals surface area contributed by atoms with Crippen LogP contribution in [0.25, 0.3) is 0 Å². The molecule has 0 radical (unpaired) electrons. The minimum atomic E-state index is -0.223. The summed E-state index contributed by atoms with van der Waals surface area (Å²) in [4.78, 5) is 0. The highest BCUT2D eigenvalue weighted by Crippen LogP contribution is 2.29. The lowest BCUT2D eigenvalue weighted by atomic mass is 9.81. The van der Waals surface area contributed by atoms with Crippen LogP contribution in [0.1, 0.15) is 47.0 Å². The topological polar surface area (TPSA) is 40.5 Å². The summed E-state index contributed by atoms with van der Waals surface area (Å²) in [7, 11) is 0. The first-order valence-corrected chi connectivity index (χ1v) is 5.16. The van der Waals surface area contributed by atoms with Gasteiger partial charge in [0.15, 0.2) is 0 Å². The Morgan fingerprint density at radius 1 is 1.23 bits per heavy atom. The molecule has 0 aromatic carbocycles. The second-order valence-electron chi connectivity index (χ2n) is 5.04. The molecule has 0 aromatic heterocycles. The first-order chi connectivity index (χ1) is 5.87. The Bertz CT molecular complexity index is 130. The average Bonchev–Trinajstić information content (AvgIpc) is 1.98. The van der Waals surface area contributed by atoms with Crippen LogP contribution in [0, 0.1) is 11.3 Å². The van der Waals surface area contributed by atoms with E-state index in [0.29, 0.717) is 5.92 Å². The number of hydrogen-bond acceptors (Lipinski definition) is 2. The van der Waals surface area contributed by atoms with Crippen molar-refractivity contribution in [3.8, 4) is 0 Å². The Balaban J connectivity index is 3.74. The van der Waals surface area contributed by atoms with Gasteiger partial charge in [0.2, 0.25) is 0 Å². The van der Waals surface area contributed by atoms with E-state index < -0.39 is 0 Å². The Morgan fingerprint density at radius 3 is 2.15 bits per heavy atom. The van der Waals surface area contributed by atoms with Crippen LogP contribution in [-0.2, 0) is 0 Å². The molecule has 2 nitrogen and oxygen atoms in total. The number of aliphatic hydroxyl groups excluding tert-OH is 2. The molecular formula is C11H24O2. The van der Waals surface area contributed by atoms with Crippen LogP contribution in [0.2, 0.25) is 0 Å². The summed E-state index contributed by atoms with van der Waals surface area (Å²) in [5, 5.41) is 18.1. The minimum Gasteiger partial charge on any atom is -0.396 e. The summed E-state index contributed by atoms with van der Waals surface area (Å²) >= 11 is 0. The van der Waals surface area contributed by atoms with Crippen LogP contribution in [0.5, 0.6) is 0 Å². The largest absolute Gasteiger partial charge is 0.396 e. The fourth-order valence-corrected chi connectivity index (χ4v) is 1.63. The zero-order valence-electron chi connectivity index (χ0n) is 9.38. The molecule has 2 unspecified atom stereocenters. The normalized spacial score (nSPS) is 17.1. The van der Waals surface area contributed by atoms with Gasteiger partial charge in [-0.05, 0) is 37.5 Å². The van der Waals surface area contributed by atoms with Gasteiger partial charge in [-0.15, -0.1) is 0 Å². The molecule has 0 saturated heterocycles. The van der Waals surface area contributed by atoms with Crippen LogP contribution < -0.4 is 0 Å². The average molecular weight is 188 g/mol. The fraction of sp³-hybridized carbons (Fsp3) is 1.00. The number of aliphatic hydroxyl groups is 2. The summed E-state index contributed by atoms with van der Waals surface area (Å²) in [6, 6.07) is 0. The second kappa shape index (κ2) is 5.61. The molecule has 2 heteroatoms. The maximum atomic E-state index is 9.26. The van der Waals surface area contributed by atoms with Crippen molar-refractivity contribution in [2.75, 3.05) is 6.61 Å². The summed E-state index contributed by atoms with van der Waals surface area (Å²) < 4.78 is 0. The SMILES string of the molecule is CC(O)CC(C)(C)CCC(C)CO. The van der Waals surface area contributed by atoms with Crippen molar-refractivity contribution in [2.24, 2.45) is 11.3 Å². The smallest absolute Gasteiger partial charge is 0.0517 e. The standard InChI is InChI=1S/C11H24O2/c1-9(8-12)5-6-11(3,4)7-10(2)13/h9-10,12-13H,5-8H2,1-4H3. The molecule has 13 heavy (non-hydrogen) atoms. The molecule has 0 aliphatic rings. The molecule has 0 amide bonds. The van der Waals surface area contributed by atoms with E-state index in [1.54, 1.807) is 0 Å². The van der Waals surface area contributed by atoms with Crippen LogP contribution >= 0.6 is 0 Å². The molecule has 0 spiro atoms. The van der Waals surface area contributed by atoms with Crippen LogP contribution in [0.15, 0.2) is 0 Å². The van der Waals surface area contributed by atoms with E-state index in [1.165, 1.54) is 0 Å². The van der Waals surface area contributed by atoms with E-state index in [1.807, 2.05) is 6.92 Å². The van der Waals surface area contributed by atoms with E-state index in [2.05, 4.69) is 20.8 Å². The number of hydrogen-bond donors (Lipinski definition) is 2. The molecule has 0 aliphatic carbocycles. The molecule has 0 rings (SSSR count). The van der Waals surface area contributed by atoms with Crippen molar-refractivity contribution in [1.29, 1.82) is 0 Å². The highest BCUT2D eigenvalue weighted by Gasteiger charge is 2.20. The van der Waals surface area contributed by atoms with Gasteiger partial charge in [-0.3, -0.25) is 0 Å². The summed E-state index contributed by atoms with van der Waals surface area (Å²) in [5.41, 5.74) is 0.192. The molecule has 80 valence electrons. The third kappa shape index (κ3) is 7.03. The highest BCUT2D eigenvalue weighted by molar-refractivity contribution is 4.72. The predicted octanol–water partition coefficient (Wildman–Crippen LogP) is 2.19. The zero-order valence-corrected chi connectivity index (χ0v) is 9.38. The van der Waals surface area contributed by atoms with Gasteiger partial charge in [0.05, 0.1) is 6.10 Å². The molecule has 0 aliphatic heterocycles. The van der Waals surface area contributed by atoms with Gasteiger partial charge in [0.1, 0.15) is 0 Å². The first-order valence-electron chi connectivity index (χ1n) is 5.16. The van der Waals surface area contributed by atoms with Gasteiger partial charge in [-0.1, -0.05) is 20.8 Å².